The second-order valence-corrected chi connectivity index (χ2v) is 5.84. The summed E-state index contributed by atoms with van der Waals surface area (Å²) in [5.41, 5.74) is 5.76. The highest BCUT2D eigenvalue weighted by Gasteiger charge is 2.55. The van der Waals surface area contributed by atoms with Gasteiger partial charge >= 0.3 is 6.09 Å². The van der Waals surface area contributed by atoms with Crippen molar-refractivity contribution in [2.24, 2.45) is 11.1 Å². The summed E-state index contributed by atoms with van der Waals surface area (Å²) in [5.74, 6) is 0. The smallest absolute Gasteiger partial charge is 0.410 e. The Balaban J connectivity index is 0.00000128. The molecule has 1 aliphatic heterocycles. The molecule has 2 fully saturated rings. The third-order valence-electron chi connectivity index (χ3n) is 3.40. The molecule has 1 heterocycles. The first kappa shape index (κ1) is 13.6. The van der Waals surface area contributed by atoms with Crippen LogP contribution in [0.15, 0.2) is 0 Å². The van der Waals surface area contributed by atoms with Crippen LogP contribution in [0.4, 0.5) is 4.79 Å². The van der Waals surface area contributed by atoms with Crippen molar-refractivity contribution in [3.8, 4) is 0 Å². The molecule has 1 atom stereocenters. The molecule has 0 bridgehead atoms. The van der Waals surface area contributed by atoms with E-state index in [0.29, 0.717) is 0 Å². The maximum atomic E-state index is 11.6. The molecule has 1 spiro atoms. The molecule has 94 valence electrons. The Morgan fingerprint density at radius 1 is 1.44 bits per heavy atom. The lowest BCUT2D eigenvalue weighted by Crippen LogP contribution is -2.70. The van der Waals surface area contributed by atoms with Gasteiger partial charge in [-0.2, -0.15) is 0 Å². The first-order valence-corrected chi connectivity index (χ1v) is 5.56. The van der Waals surface area contributed by atoms with Gasteiger partial charge in [0.1, 0.15) is 5.60 Å². The molecule has 1 saturated carbocycles. The first-order chi connectivity index (χ1) is 6.82. The Labute approximate surface area is 103 Å². The lowest BCUT2D eigenvalue weighted by Gasteiger charge is -2.59. The van der Waals surface area contributed by atoms with Crippen LogP contribution in [0.1, 0.15) is 33.6 Å². The van der Waals surface area contributed by atoms with Crippen LogP contribution in [0.2, 0.25) is 0 Å². The molecule has 2 rings (SSSR count). The van der Waals surface area contributed by atoms with Gasteiger partial charge in [-0.25, -0.2) is 4.79 Å². The standard InChI is InChI=1S/C11H20N2O2.ClH/c1-10(2,3)15-9(14)13-6-11(7-13)5-4-8(11)12;/h8H,4-7,12H2,1-3H3;1H/t8-;/m0./s1. The molecule has 0 unspecified atom stereocenters. The molecule has 2 N–H and O–H groups in total. The minimum Gasteiger partial charge on any atom is -0.444 e. The number of halogens is 1. The lowest BCUT2D eigenvalue weighted by atomic mass is 9.60. The highest BCUT2D eigenvalue weighted by Crippen LogP contribution is 2.47. The van der Waals surface area contributed by atoms with E-state index in [2.05, 4.69) is 0 Å². The predicted molar refractivity (Wildman–Crippen MR) is 64.7 cm³/mol. The maximum Gasteiger partial charge on any atom is 0.410 e. The van der Waals surface area contributed by atoms with E-state index in [1.165, 1.54) is 0 Å². The van der Waals surface area contributed by atoms with Crippen molar-refractivity contribution >= 4 is 18.5 Å². The topological polar surface area (TPSA) is 55.6 Å². The molecule has 1 amide bonds. The normalized spacial score (nSPS) is 26.5. The quantitative estimate of drug-likeness (QED) is 0.711. The Kier molecular flexibility index (Phi) is 3.46. The number of nitrogens with two attached hydrogens (primary N) is 1. The van der Waals surface area contributed by atoms with Gasteiger partial charge in [0.2, 0.25) is 0 Å². The fourth-order valence-corrected chi connectivity index (χ4v) is 2.28. The molecule has 0 aromatic heterocycles. The Morgan fingerprint density at radius 2 is 2.00 bits per heavy atom. The van der Waals surface area contributed by atoms with E-state index >= 15 is 0 Å². The summed E-state index contributed by atoms with van der Waals surface area (Å²) in [5, 5.41) is 0. The highest BCUT2D eigenvalue weighted by atomic mass is 35.5. The monoisotopic (exact) mass is 248 g/mol. The van der Waals surface area contributed by atoms with Gasteiger partial charge in [-0.3, -0.25) is 0 Å². The second-order valence-electron chi connectivity index (χ2n) is 5.84. The van der Waals surface area contributed by atoms with Crippen molar-refractivity contribution in [2.45, 2.75) is 45.3 Å². The van der Waals surface area contributed by atoms with Crippen LogP contribution in [-0.2, 0) is 4.74 Å². The Hall–Kier alpha value is -0.480. The van der Waals surface area contributed by atoms with Crippen molar-refractivity contribution in [1.82, 2.24) is 4.90 Å². The molecule has 0 aromatic rings. The first-order valence-electron chi connectivity index (χ1n) is 5.56. The fourth-order valence-electron chi connectivity index (χ4n) is 2.28. The highest BCUT2D eigenvalue weighted by molar-refractivity contribution is 5.85. The summed E-state index contributed by atoms with van der Waals surface area (Å²) in [7, 11) is 0. The SMILES string of the molecule is CC(C)(C)OC(=O)N1CC2(CC[C@@H]2N)C1.Cl. The van der Waals surface area contributed by atoms with Gasteiger partial charge < -0.3 is 15.4 Å². The third kappa shape index (κ3) is 2.28. The molecule has 1 aliphatic carbocycles. The predicted octanol–water partition coefficient (Wildman–Crippen LogP) is 1.77. The lowest BCUT2D eigenvalue weighted by molar-refractivity contribution is -0.0819. The number of amides is 1. The molecular weight excluding hydrogens is 228 g/mol. The van der Waals surface area contributed by atoms with Crippen LogP contribution in [0.25, 0.3) is 0 Å². The minimum absolute atomic E-state index is 0. The van der Waals surface area contributed by atoms with E-state index in [1.54, 1.807) is 4.90 Å². The van der Waals surface area contributed by atoms with E-state index in [4.69, 9.17) is 10.5 Å². The largest absolute Gasteiger partial charge is 0.444 e. The van der Waals surface area contributed by atoms with Crippen LogP contribution >= 0.6 is 12.4 Å². The Bertz CT molecular complexity index is 282. The van der Waals surface area contributed by atoms with Gasteiger partial charge in [-0.15, -0.1) is 12.4 Å². The van der Waals surface area contributed by atoms with Gasteiger partial charge in [0, 0.05) is 24.5 Å². The van der Waals surface area contributed by atoms with Gasteiger partial charge in [0.05, 0.1) is 0 Å². The Morgan fingerprint density at radius 3 is 2.31 bits per heavy atom. The zero-order valence-corrected chi connectivity index (χ0v) is 11.0. The average molecular weight is 249 g/mol. The second kappa shape index (κ2) is 4.08. The number of likely N-dealkylation sites (tertiary alicyclic amines) is 1. The molecule has 16 heavy (non-hydrogen) atoms. The van der Waals surface area contributed by atoms with E-state index in [1.807, 2.05) is 20.8 Å². The number of hydrogen-bond acceptors (Lipinski definition) is 3. The summed E-state index contributed by atoms with van der Waals surface area (Å²) >= 11 is 0. The number of nitrogens with zero attached hydrogens (tertiary/aromatic N) is 1. The molecule has 0 aromatic carbocycles. The number of ether oxygens (including phenoxy) is 1. The van der Waals surface area contributed by atoms with Gasteiger partial charge in [0.25, 0.3) is 0 Å². The van der Waals surface area contributed by atoms with E-state index in [0.717, 1.165) is 25.9 Å². The maximum absolute atomic E-state index is 11.6. The summed E-state index contributed by atoms with van der Waals surface area (Å²) in [6.45, 7) is 7.22. The van der Waals surface area contributed by atoms with Gasteiger partial charge in [-0.1, -0.05) is 0 Å². The number of rotatable bonds is 0. The van der Waals surface area contributed by atoms with E-state index < -0.39 is 5.60 Å². The fraction of sp³-hybridized carbons (Fsp3) is 0.909. The van der Waals surface area contributed by atoms with Crippen LogP contribution in [0.3, 0.4) is 0 Å². The molecular formula is C11H21ClN2O2. The minimum atomic E-state index is -0.401. The molecule has 2 aliphatic rings. The number of hydrogen-bond donors (Lipinski definition) is 1. The van der Waals surface area contributed by atoms with E-state index in [-0.39, 0.29) is 30.0 Å². The van der Waals surface area contributed by atoms with Crippen molar-refractivity contribution in [1.29, 1.82) is 0 Å². The summed E-state index contributed by atoms with van der Waals surface area (Å²) < 4.78 is 5.28. The van der Waals surface area contributed by atoms with Gasteiger partial charge in [-0.05, 0) is 33.6 Å². The van der Waals surface area contributed by atoms with Gasteiger partial charge in [0.15, 0.2) is 0 Å². The van der Waals surface area contributed by atoms with Crippen LogP contribution < -0.4 is 5.73 Å². The van der Waals surface area contributed by atoms with Crippen LogP contribution in [0, 0.1) is 5.41 Å². The van der Waals surface area contributed by atoms with Crippen molar-refractivity contribution in [2.75, 3.05) is 13.1 Å². The van der Waals surface area contributed by atoms with Crippen molar-refractivity contribution < 1.29 is 9.53 Å². The number of carbonyl (C=O) groups excluding carboxylic acids is 1. The zero-order valence-electron chi connectivity index (χ0n) is 10.2. The molecule has 5 heteroatoms. The zero-order chi connectivity index (χ0) is 11.3. The summed E-state index contributed by atoms with van der Waals surface area (Å²) in [6, 6.07) is 0.288. The molecule has 0 radical (unpaired) electrons. The average Bonchev–Trinajstić information content (AvgIpc) is 1.95. The third-order valence-corrected chi connectivity index (χ3v) is 3.40. The summed E-state index contributed by atoms with van der Waals surface area (Å²) in [6.07, 6.45) is 2.06. The van der Waals surface area contributed by atoms with Crippen LogP contribution in [0.5, 0.6) is 0 Å². The van der Waals surface area contributed by atoms with Crippen molar-refractivity contribution in [3.05, 3.63) is 0 Å². The van der Waals surface area contributed by atoms with E-state index in [9.17, 15) is 4.79 Å². The number of carbonyl (C=O) groups is 1. The summed E-state index contributed by atoms with van der Waals surface area (Å²) in [4.78, 5) is 13.4. The molecule has 4 nitrogen and oxygen atoms in total. The van der Waals surface area contributed by atoms with Crippen LogP contribution in [-0.4, -0.2) is 35.7 Å². The van der Waals surface area contributed by atoms with Crippen molar-refractivity contribution in [3.63, 3.8) is 0 Å². The molecule has 1 saturated heterocycles.